The second kappa shape index (κ2) is 8.23. The van der Waals surface area contributed by atoms with E-state index >= 15 is 0 Å². The number of benzene rings is 1. The number of para-hydroxylation sites is 1. The summed E-state index contributed by atoms with van der Waals surface area (Å²) in [6.45, 7) is 1.04. The van der Waals surface area contributed by atoms with Crippen molar-refractivity contribution in [2.24, 2.45) is 5.16 Å². The van der Waals surface area contributed by atoms with E-state index in [0.717, 1.165) is 41.1 Å². The third-order valence-electron chi connectivity index (χ3n) is 5.20. The first-order valence-electron chi connectivity index (χ1n) is 9.53. The quantitative estimate of drug-likeness (QED) is 0.721. The third kappa shape index (κ3) is 4.57. The molecule has 1 atom stereocenters. The van der Waals surface area contributed by atoms with Gasteiger partial charge in [-0.2, -0.15) is 0 Å². The van der Waals surface area contributed by atoms with Gasteiger partial charge in [-0.3, -0.25) is 4.72 Å². The number of carboxylic acid groups (broad SMARTS) is 1. The Kier molecular flexibility index (Phi) is 5.65. The number of hydrogen-bond acceptors (Lipinski definition) is 7. The van der Waals surface area contributed by atoms with Gasteiger partial charge in [0, 0.05) is 36.4 Å². The summed E-state index contributed by atoms with van der Waals surface area (Å²) in [5.74, 6) is 0.248. The Morgan fingerprint density at radius 2 is 2.03 bits per heavy atom. The number of sulfonamides is 1. The molecule has 0 radical (unpaired) electrons. The number of nitrogens with zero attached hydrogens (tertiary/aromatic N) is 3. The topological polar surface area (TPSA) is 121 Å². The van der Waals surface area contributed by atoms with E-state index in [1.165, 1.54) is 4.90 Å². The molecule has 2 aliphatic rings. The number of carbonyl (C=O) groups is 1. The lowest BCUT2D eigenvalue weighted by molar-refractivity contribution is 0.0862. The van der Waals surface area contributed by atoms with E-state index in [2.05, 4.69) is 9.88 Å². The molecule has 1 fully saturated rings. The normalized spacial score (nSPS) is 20.0. The van der Waals surface area contributed by atoms with Gasteiger partial charge in [-0.25, -0.2) is 18.2 Å². The van der Waals surface area contributed by atoms with E-state index < -0.39 is 22.2 Å². The van der Waals surface area contributed by atoms with Gasteiger partial charge >= 0.3 is 6.09 Å². The standard InChI is InChI=1S/C19H22N4O5S2/c1-30(26,27)22-14-5-3-2-4-13(14)17-10-15(21-28-17)16-11-29-18(20-16)12-6-8-23(9-7-12)19(24)25/h2-5,11-12,17,22H,6-10H2,1H3,(H,24,25). The molecule has 4 rings (SSSR count). The Balaban J connectivity index is 1.43. The molecule has 0 spiro atoms. The van der Waals surface area contributed by atoms with Crippen LogP contribution in [0.25, 0.3) is 0 Å². The van der Waals surface area contributed by atoms with Crippen molar-refractivity contribution in [1.29, 1.82) is 0 Å². The van der Waals surface area contributed by atoms with Crippen LogP contribution in [0.15, 0.2) is 34.8 Å². The fourth-order valence-electron chi connectivity index (χ4n) is 3.69. The van der Waals surface area contributed by atoms with Crippen LogP contribution in [0.3, 0.4) is 0 Å². The van der Waals surface area contributed by atoms with Gasteiger partial charge in [0.25, 0.3) is 0 Å². The highest BCUT2D eigenvalue weighted by molar-refractivity contribution is 7.92. The predicted molar refractivity (Wildman–Crippen MR) is 114 cm³/mol. The summed E-state index contributed by atoms with van der Waals surface area (Å²) in [6.07, 6.45) is 1.85. The Bertz CT molecular complexity index is 1070. The molecule has 0 aliphatic carbocycles. The molecule has 9 nitrogen and oxygen atoms in total. The molecule has 2 aliphatic heterocycles. The number of aromatic nitrogens is 1. The zero-order chi connectivity index (χ0) is 21.3. The minimum atomic E-state index is -3.41. The average molecular weight is 451 g/mol. The largest absolute Gasteiger partial charge is 0.465 e. The van der Waals surface area contributed by atoms with Gasteiger partial charge in [-0.1, -0.05) is 23.4 Å². The van der Waals surface area contributed by atoms with E-state index in [9.17, 15) is 13.2 Å². The fraction of sp³-hybridized carbons (Fsp3) is 0.421. The summed E-state index contributed by atoms with van der Waals surface area (Å²) >= 11 is 1.56. The molecule has 1 aromatic carbocycles. The Morgan fingerprint density at radius 1 is 1.30 bits per heavy atom. The van der Waals surface area contributed by atoms with Crippen LogP contribution in [0.5, 0.6) is 0 Å². The maximum atomic E-state index is 11.6. The molecule has 2 aromatic rings. The first-order valence-corrected chi connectivity index (χ1v) is 12.3. The van der Waals surface area contributed by atoms with Gasteiger partial charge in [0.2, 0.25) is 10.0 Å². The maximum Gasteiger partial charge on any atom is 0.407 e. The number of hydrogen-bond donors (Lipinski definition) is 2. The van der Waals surface area contributed by atoms with Crippen molar-refractivity contribution in [3.05, 3.63) is 45.9 Å². The van der Waals surface area contributed by atoms with Crippen molar-refractivity contribution >= 4 is 38.9 Å². The Labute approximate surface area is 178 Å². The summed E-state index contributed by atoms with van der Waals surface area (Å²) in [7, 11) is -3.41. The smallest absolute Gasteiger partial charge is 0.407 e. The van der Waals surface area contributed by atoms with E-state index in [0.29, 0.717) is 25.2 Å². The van der Waals surface area contributed by atoms with Gasteiger partial charge in [0.05, 0.1) is 22.6 Å². The molecule has 1 aromatic heterocycles. The minimum absolute atomic E-state index is 0.248. The SMILES string of the molecule is CS(=O)(=O)Nc1ccccc1C1CC(c2csc(C3CCN(C(=O)O)CC3)n2)=NO1. The molecule has 30 heavy (non-hydrogen) atoms. The highest BCUT2D eigenvalue weighted by atomic mass is 32.2. The van der Waals surface area contributed by atoms with Crippen LogP contribution in [0.1, 0.15) is 47.5 Å². The third-order valence-corrected chi connectivity index (χ3v) is 6.80. The average Bonchev–Trinajstić information content (AvgIpc) is 3.37. The molecule has 1 unspecified atom stereocenters. The lowest BCUT2D eigenvalue weighted by Crippen LogP contribution is -2.36. The Hall–Kier alpha value is -2.66. The number of thiazole rings is 1. The van der Waals surface area contributed by atoms with E-state index in [4.69, 9.17) is 14.9 Å². The van der Waals surface area contributed by atoms with E-state index in [1.807, 2.05) is 17.5 Å². The van der Waals surface area contributed by atoms with Crippen LogP contribution in [0.4, 0.5) is 10.5 Å². The van der Waals surface area contributed by atoms with Crippen LogP contribution in [0.2, 0.25) is 0 Å². The lowest BCUT2D eigenvalue weighted by atomic mass is 9.98. The predicted octanol–water partition coefficient (Wildman–Crippen LogP) is 3.24. The fourth-order valence-corrected chi connectivity index (χ4v) is 5.28. The van der Waals surface area contributed by atoms with Gasteiger partial charge in [0.15, 0.2) is 6.10 Å². The molecule has 1 amide bonds. The minimum Gasteiger partial charge on any atom is -0.465 e. The van der Waals surface area contributed by atoms with Crippen LogP contribution >= 0.6 is 11.3 Å². The maximum absolute atomic E-state index is 11.6. The molecule has 160 valence electrons. The molecule has 2 N–H and O–H groups in total. The first kappa shape index (κ1) is 20.6. The summed E-state index contributed by atoms with van der Waals surface area (Å²) in [5.41, 5.74) is 2.68. The van der Waals surface area contributed by atoms with Gasteiger partial charge < -0.3 is 14.8 Å². The molecular weight excluding hydrogens is 428 g/mol. The van der Waals surface area contributed by atoms with Crippen molar-refractivity contribution in [3.63, 3.8) is 0 Å². The first-order chi connectivity index (χ1) is 14.3. The highest BCUT2D eigenvalue weighted by Gasteiger charge is 2.30. The van der Waals surface area contributed by atoms with E-state index in [-0.39, 0.29) is 5.92 Å². The number of nitrogens with one attached hydrogen (secondary N) is 1. The number of likely N-dealkylation sites (tertiary alicyclic amines) is 1. The van der Waals surface area contributed by atoms with Crippen molar-refractivity contribution in [1.82, 2.24) is 9.88 Å². The van der Waals surface area contributed by atoms with Gasteiger partial charge in [-0.05, 0) is 18.9 Å². The summed E-state index contributed by atoms with van der Waals surface area (Å²) in [5, 5.41) is 16.2. The monoisotopic (exact) mass is 450 g/mol. The zero-order valence-electron chi connectivity index (χ0n) is 16.3. The summed E-state index contributed by atoms with van der Waals surface area (Å²) in [4.78, 5) is 22.8. The van der Waals surface area contributed by atoms with Crippen LogP contribution in [0, 0.1) is 0 Å². The molecule has 0 bridgehead atoms. The number of anilines is 1. The molecule has 1 saturated heterocycles. The van der Waals surface area contributed by atoms with Crippen molar-refractivity contribution in [2.45, 2.75) is 31.3 Å². The van der Waals surface area contributed by atoms with Crippen molar-refractivity contribution in [3.8, 4) is 0 Å². The second-order valence-electron chi connectivity index (χ2n) is 7.41. The second-order valence-corrected chi connectivity index (χ2v) is 10.1. The zero-order valence-corrected chi connectivity index (χ0v) is 17.9. The number of rotatable bonds is 5. The highest BCUT2D eigenvalue weighted by Crippen LogP contribution is 2.36. The molecule has 3 heterocycles. The molecule has 0 saturated carbocycles. The number of oxime groups is 1. The lowest BCUT2D eigenvalue weighted by Gasteiger charge is -2.28. The number of piperidine rings is 1. The van der Waals surface area contributed by atoms with E-state index in [1.54, 1.807) is 23.5 Å². The molecule has 11 heteroatoms. The summed E-state index contributed by atoms with van der Waals surface area (Å²) in [6, 6.07) is 7.10. The van der Waals surface area contributed by atoms with Crippen LogP contribution < -0.4 is 4.72 Å². The van der Waals surface area contributed by atoms with Gasteiger partial charge in [-0.15, -0.1) is 11.3 Å². The van der Waals surface area contributed by atoms with Crippen molar-refractivity contribution < 1.29 is 23.2 Å². The number of amides is 1. The van der Waals surface area contributed by atoms with Gasteiger partial charge in [0.1, 0.15) is 5.71 Å². The molecular formula is C19H22N4O5S2. The van der Waals surface area contributed by atoms with Crippen LogP contribution in [-0.2, 0) is 14.9 Å². The van der Waals surface area contributed by atoms with Crippen molar-refractivity contribution in [2.75, 3.05) is 24.1 Å². The van der Waals surface area contributed by atoms with Crippen LogP contribution in [-0.4, -0.2) is 54.6 Å². The summed E-state index contributed by atoms with van der Waals surface area (Å²) < 4.78 is 25.8. The Morgan fingerprint density at radius 3 is 2.73 bits per heavy atom.